The molecule has 1 nitrogen and oxygen atoms in total. The lowest BCUT2D eigenvalue weighted by Crippen LogP contribution is -1.82. The van der Waals surface area contributed by atoms with Crippen LogP contribution in [0.3, 0.4) is 0 Å². The molecule has 0 unspecified atom stereocenters. The van der Waals surface area contributed by atoms with Gasteiger partial charge in [-0.1, -0.05) is 24.3 Å². The molecule has 0 aliphatic carbocycles. The maximum atomic E-state index is 8.62. The van der Waals surface area contributed by atoms with Gasteiger partial charge in [-0.3, -0.25) is 0 Å². The van der Waals surface area contributed by atoms with Crippen molar-refractivity contribution in [1.29, 1.82) is 5.26 Å². The SMILES string of the molecule is N#CCCc1ccc2sc3ccccc3c2c1. The molecule has 2 heteroatoms. The molecule has 0 atom stereocenters. The van der Waals surface area contributed by atoms with Crippen LogP contribution in [0.15, 0.2) is 42.5 Å². The summed E-state index contributed by atoms with van der Waals surface area (Å²) in [5.74, 6) is 0. The van der Waals surface area contributed by atoms with E-state index >= 15 is 0 Å². The summed E-state index contributed by atoms with van der Waals surface area (Å²) >= 11 is 1.83. The lowest BCUT2D eigenvalue weighted by molar-refractivity contribution is 1.01. The highest BCUT2D eigenvalue weighted by Gasteiger charge is 2.04. The molecule has 0 bridgehead atoms. The smallest absolute Gasteiger partial charge is 0.0625 e. The summed E-state index contributed by atoms with van der Waals surface area (Å²) in [4.78, 5) is 0. The number of nitrogens with zero attached hydrogens (tertiary/aromatic N) is 1. The molecule has 0 saturated heterocycles. The average molecular weight is 237 g/mol. The Morgan fingerprint density at radius 3 is 2.71 bits per heavy atom. The summed E-state index contributed by atoms with van der Waals surface area (Å²) < 4.78 is 2.66. The van der Waals surface area contributed by atoms with Gasteiger partial charge in [0.1, 0.15) is 0 Å². The summed E-state index contributed by atoms with van der Waals surface area (Å²) in [5, 5.41) is 11.3. The molecule has 0 aliphatic heterocycles. The van der Waals surface area contributed by atoms with Gasteiger partial charge in [-0.15, -0.1) is 11.3 Å². The van der Waals surface area contributed by atoms with Crippen LogP contribution in [-0.2, 0) is 6.42 Å². The number of rotatable bonds is 2. The van der Waals surface area contributed by atoms with Crippen LogP contribution in [0.2, 0.25) is 0 Å². The van der Waals surface area contributed by atoms with Gasteiger partial charge in [0.25, 0.3) is 0 Å². The van der Waals surface area contributed by atoms with Crippen LogP contribution in [0, 0.1) is 11.3 Å². The maximum Gasteiger partial charge on any atom is 0.0625 e. The number of hydrogen-bond donors (Lipinski definition) is 0. The summed E-state index contributed by atoms with van der Waals surface area (Å²) in [6.07, 6.45) is 1.43. The van der Waals surface area contributed by atoms with E-state index in [1.807, 2.05) is 11.3 Å². The van der Waals surface area contributed by atoms with E-state index in [4.69, 9.17) is 5.26 Å². The van der Waals surface area contributed by atoms with Crippen LogP contribution >= 0.6 is 11.3 Å². The first-order valence-corrected chi connectivity index (χ1v) is 6.47. The van der Waals surface area contributed by atoms with Crippen LogP contribution in [0.4, 0.5) is 0 Å². The van der Waals surface area contributed by atoms with E-state index in [1.54, 1.807) is 0 Å². The van der Waals surface area contributed by atoms with Crippen molar-refractivity contribution in [3.63, 3.8) is 0 Å². The van der Waals surface area contributed by atoms with Gasteiger partial charge < -0.3 is 0 Å². The van der Waals surface area contributed by atoms with Gasteiger partial charge in [-0.05, 0) is 30.2 Å². The van der Waals surface area contributed by atoms with Crippen LogP contribution in [0.1, 0.15) is 12.0 Å². The molecule has 1 aromatic heterocycles. The van der Waals surface area contributed by atoms with Gasteiger partial charge in [0.2, 0.25) is 0 Å². The number of thiophene rings is 1. The lowest BCUT2D eigenvalue weighted by Gasteiger charge is -1.97. The Kier molecular flexibility index (Phi) is 2.55. The van der Waals surface area contributed by atoms with Gasteiger partial charge in [0, 0.05) is 26.6 Å². The zero-order chi connectivity index (χ0) is 11.7. The van der Waals surface area contributed by atoms with Crippen molar-refractivity contribution in [1.82, 2.24) is 0 Å². The van der Waals surface area contributed by atoms with Crippen molar-refractivity contribution in [2.24, 2.45) is 0 Å². The zero-order valence-electron chi connectivity index (χ0n) is 9.31. The summed E-state index contributed by atoms with van der Waals surface area (Å²) in [5.41, 5.74) is 1.25. The third-order valence-electron chi connectivity index (χ3n) is 2.97. The fourth-order valence-corrected chi connectivity index (χ4v) is 3.22. The number of fused-ring (bicyclic) bond motifs is 3. The Morgan fingerprint density at radius 1 is 1.00 bits per heavy atom. The van der Waals surface area contributed by atoms with E-state index in [1.165, 1.54) is 25.7 Å². The van der Waals surface area contributed by atoms with Crippen LogP contribution in [0.5, 0.6) is 0 Å². The van der Waals surface area contributed by atoms with Crippen molar-refractivity contribution < 1.29 is 0 Å². The van der Waals surface area contributed by atoms with E-state index in [-0.39, 0.29) is 0 Å². The second-order valence-corrected chi connectivity index (χ2v) is 5.17. The van der Waals surface area contributed by atoms with Crippen LogP contribution < -0.4 is 0 Å². The molecular weight excluding hydrogens is 226 g/mol. The second kappa shape index (κ2) is 4.20. The topological polar surface area (TPSA) is 23.8 Å². The van der Waals surface area contributed by atoms with Gasteiger partial charge in [-0.25, -0.2) is 0 Å². The summed E-state index contributed by atoms with van der Waals surface area (Å²) in [6.45, 7) is 0. The molecule has 0 radical (unpaired) electrons. The molecule has 0 aliphatic rings. The molecule has 1 heterocycles. The average Bonchev–Trinajstić information content (AvgIpc) is 2.74. The summed E-state index contributed by atoms with van der Waals surface area (Å²) in [6, 6.07) is 17.2. The monoisotopic (exact) mass is 237 g/mol. The molecule has 0 spiro atoms. The zero-order valence-corrected chi connectivity index (χ0v) is 10.1. The van der Waals surface area contributed by atoms with Crippen molar-refractivity contribution in [2.75, 3.05) is 0 Å². The Bertz CT molecular complexity index is 718. The van der Waals surface area contributed by atoms with Crippen molar-refractivity contribution in [2.45, 2.75) is 12.8 Å². The molecule has 3 rings (SSSR count). The van der Waals surface area contributed by atoms with Gasteiger partial charge in [0.05, 0.1) is 6.07 Å². The van der Waals surface area contributed by atoms with Crippen molar-refractivity contribution in [3.8, 4) is 6.07 Å². The normalized spacial score (nSPS) is 10.8. The third-order valence-corrected chi connectivity index (χ3v) is 4.12. The molecule has 17 heavy (non-hydrogen) atoms. The number of nitriles is 1. The second-order valence-electron chi connectivity index (χ2n) is 4.09. The summed E-state index contributed by atoms with van der Waals surface area (Å²) in [7, 11) is 0. The van der Waals surface area contributed by atoms with Crippen LogP contribution in [-0.4, -0.2) is 0 Å². The molecule has 82 valence electrons. The fraction of sp³-hybridized carbons (Fsp3) is 0.133. The quantitative estimate of drug-likeness (QED) is 0.643. The molecule has 0 amide bonds. The molecular formula is C15H11NS. The Balaban J connectivity index is 2.20. The minimum atomic E-state index is 0.591. The molecule has 0 N–H and O–H groups in total. The minimum absolute atomic E-state index is 0.591. The molecule has 0 saturated carbocycles. The van der Waals surface area contributed by atoms with E-state index in [9.17, 15) is 0 Å². The van der Waals surface area contributed by atoms with E-state index in [2.05, 4.69) is 48.5 Å². The van der Waals surface area contributed by atoms with Gasteiger partial charge in [-0.2, -0.15) is 5.26 Å². The predicted octanol–water partition coefficient (Wildman–Crippen LogP) is 4.51. The van der Waals surface area contributed by atoms with E-state index in [0.29, 0.717) is 6.42 Å². The highest BCUT2D eigenvalue weighted by Crippen LogP contribution is 2.34. The van der Waals surface area contributed by atoms with Gasteiger partial charge >= 0.3 is 0 Å². The Labute approximate surface area is 104 Å². The Hall–Kier alpha value is -1.85. The largest absolute Gasteiger partial charge is 0.198 e. The molecule has 0 fully saturated rings. The Morgan fingerprint density at radius 2 is 1.82 bits per heavy atom. The maximum absolute atomic E-state index is 8.62. The number of benzene rings is 2. The van der Waals surface area contributed by atoms with E-state index < -0.39 is 0 Å². The first-order valence-electron chi connectivity index (χ1n) is 5.65. The number of aryl methyl sites for hydroxylation is 1. The first kappa shape index (κ1) is 10.3. The molecule has 2 aromatic carbocycles. The highest BCUT2D eigenvalue weighted by atomic mass is 32.1. The van der Waals surface area contributed by atoms with Gasteiger partial charge in [0.15, 0.2) is 0 Å². The van der Waals surface area contributed by atoms with Crippen molar-refractivity contribution in [3.05, 3.63) is 48.0 Å². The third kappa shape index (κ3) is 1.79. The highest BCUT2D eigenvalue weighted by molar-refractivity contribution is 7.25. The van der Waals surface area contributed by atoms with Crippen LogP contribution in [0.25, 0.3) is 20.2 Å². The first-order chi connectivity index (χ1) is 8.38. The standard InChI is InChI=1S/C15H11NS/c16-9-3-4-11-7-8-15-13(10-11)12-5-1-2-6-14(12)17-15/h1-2,5-8,10H,3-4H2. The van der Waals surface area contributed by atoms with Crippen molar-refractivity contribution >= 4 is 31.5 Å². The number of hydrogen-bond acceptors (Lipinski definition) is 2. The molecule has 3 aromatic rings. The van der Waals surface area contributed by atoms with E-state index in [0.717, 1.165) is 6.42 Å². The predicted molar refractivity (Wildman–Crippen MR) is 73.3 cm³/mol. The minimum Gasteiger partial charge on any atom is -0.198 e. The lowest BCUT2D eigenvalue weighted by atomic mass is 10.1. The fourth-order valence-electron chi connectivity index (χ4n) is 2.13.